The molecule has 136 valence electrons. The van der Waals surface area contributed by atoms with Gasteiger partial charge in [-0.25, -0.2) is 13.4 Å². The average Bonchev–Trinajstić information content (AvgIpc) is 2.62. The molecule has 0 atom stereocenters. The topological polar surface area (TPSA) is 89.6 Å². The van der Waals surface area contributed by atoms with Crippen molar-refractivity contribution in [1.29, 1.82) is 0 Å². The van der Waals surface area contributed by atoms with Crippen molar-refractivity contribution < 1.29 is 17.9 Å². The molecule has 8 heteroatoms. The molecule has 0 saturated heterocycles. The molecule has 2 aromatic rings. The van der Waals surface area contributed by atoms with Gasteiger partial charge in [0.25, 0.3) is 0 Å². The van der Waals surface area contributed by atoms with Crippen molar-refractivity contribution in [3.8, 4) is 11.5 Å². The van der Waals surface area contributed by atoms with Crippen molar-refractivity contribution in [2.24, 2.45) is 0 Å². The van der Waals surface area contributed by atoms with Crippen molar-refractivity contribution in [3.05, 3.63) is 42.1 Å². The van der Waals surface area contributed by atoms with Crippen molar-refractivity contribution in [2.45, 2.75) is 13.3 Å². The highest BCUT2D eigenvalue weighted by Gasteiger charge is 2.07. The van der Waals surface area contributed by atoms with Crippen molar-refractivity contribution in [3.63, 3.8) is 0 Å². The van der Waals surface area contributed by atoms with Crippen LogP contribution in [0, 0.1) is 0 Å². The minimum Gasteiger partial charge on any atom is -0.493 e. The van der Waals surface area contributed by atoms with Crippen LogP contribution in [0.4, 0.5) is 11.5 Å². The molecule has 1 aromatic heterocycles. The van der Waals surface area contributed by atoms with Gasteiger partial charge in [0.1, 0.15) is 5.82 Å². The molecule has 0 unspecified atom stereocenters. The van der Waals surface area contributed by atoms with Crippen molar-refractivity contribution >= 4 is 21.5 Å². The summed E-state index contributed by atoms with van der Waals surface area (Å²) >= 11 is 0. The molecule has 0 aliphatic carbocycles. The molecule has 0 bridgehead atoms. The number of hydrogen-bond donors (Lipinski definition) is 2. The maximum absolute atomic E-state index is 11.5. The van der Waals surface area contributed by atoms with Gasteiger partial charge in [0.2, 0.25) is 10.0 Å². The van der Waals surface area contributed by atoms with Gasteiger partial charge in [0, 0.05) is 6.54 Å². The molecule has 1 heterocycles. The molecule has 0 spiro atoms. The summed E-state index contributed by atoms with van der Waals surface area (Å²) in [5.41, 5.74) is 1.94. The zero-order valence-corrected chi connectivity index (χ0v) is 15.4. The van der Waals surface area contributed by atoms with E-state index in [0.717, 1.165) is 17.7 Å². The third-order valence-electron chi connectivity index (χ3n) is 3.59. The second-order valence-corrected chi connectivity index (χ2v) is 7.31. The first-order valence-electron chi connectivity index (χ1n) is 7.88. The molecule has 0 aliphatic rings. The smallest absolute Gasteiger partial charge is 0.233 e. The molecule has 0 aliphatic heterocycles. The van der Waals surface area contributed by atoms with Gasteiger partial charge in [-0.2, -0.15) is 0 Å². The van der Waals surface area contributed by atoms with Gasteiger partial charge in [-0.05, 0) is 43.2 Å². The lowest BCUT2D eigenvalue weighted by molar-refractivity contribution is 0.354. The third-order valence-corrected chi connectivity index (χ3v) is 4.87. The third kappa shape index (κ3) is 5.53. The molecular formula is C17H23N3O4S. The molecule has 25 heavy (non-hydrogen) atoms. The van der Waals surface area contributed by atoms with Crippen LogP contribution in [-0.4, -0.2) is 39.9 Å². The van der Waals surface area contributed by atoms with Gasteiger partial charge in [0.05, 0.1) is 31.9 Å². The first kappa shape index (κ1) is 18.9. The molecule has 2 N–H and O–H groups in total. The molecule has 0 fully saturated rings. The number of sulfonamides is 1. The SMILES string of the molecule is CCS(=O)(=O)Nc1ccc(NCCc2ccc(OC)c(OC)c2)cn1. The quantitative estimate of drug-likeness (QED) is 0.710. The van der Waals surface area contributed by atoms with E-state index >= 15 is 0 Å². The highest BCUT2D eigenvalue weighted by Crippen LogP contribution is 2.27. The lowest BCUT2D eigenvalue weighted by Gasteiger charge is -2.11. The summed E-state index contributed by atoms with van der Waals surface area (Å²) in [4.78, 5) is 4.10. The lowest BCUT2D eigenvalue weighted by Crippen LogP contribution is -2.15. The van der Waals surface area contributed by atoms with E-state index in [1.165, 1.54) is 0 Å². The largest absolute Gasteiger partial charge is 0.493 e. The number of ether oxygens (including phenoxy) is 2. The molecular weight excluding hydrogens is 342 g/mol. The van der Waals surface area contributed by atoms with Crippen molar-refractivity contribution in [1.82, 2.24) is 4.98 Å². The molecule has 7 nitrogen and oxygen atoms in total. The Kier molecular flexibility index (Phi) is 6.46. The Labute approximate surface area is 148 Å². The fourth-order valence-corrected chi connectivity index (χ4v) is 2.76. The fraction of sp³-hybridized carbons (Fsp3) is 0.353. The summed E-state index contributed by atoms with van der Waals surface area (Å²) in [5, 5.41) is 3.25. The van der Waals surface area contributed by atoms with Crippen LogP contribution in [0.25, 0.3) is 0 Å². The Morgan fingerprint density at radius 3 is 2.44 bits per heavy atom. The predicted octanol–water partition coefficient (Wildman–Crippen LogP) is 2.52. The molecule has 2 rings (SSSR count). The predicted molar refractivity (Wildman–Crippen MR) is 99.1 cm³/mol. The van der Waals surface area contributed by atoms with E-state index in [0.29, 0.717) is 23.9 Å². The molecule has 0 amide bonds. The van der Waals surface area contributed by atoms with Crippen LogP contribution in [0.15, 0.2) is 36.5 Å². The summed E-state index contributed by atoms with van der Waals surface area (Å²) in [6.45, 7) is 2.28. The van der Waals surface area contributed by atoms with Gasteiger partial charge >= 0.3 is 0 Å². The van der Waals surface area contributed by atoms with E-state index in [4.69, 9.17) is 9.47 Å². The van der Waals surface area contributed by atoms with E-state index < -0.39 is 10.0 Å². The number of nitrogens with one attached hydrogen (secondary N) is 2. The van der Waals surface area contributed by atoms with Crippen molar-refractivity contribution in [2.75, 3.05) is 36.6 Å². The summed E-state index contributed by atoms with van der Waals surface area (Å²) in [7, 11) is -0.0873. The fourth-order valence-electron chi connectivity index (χ4n) is 2.18. The van der Waals surface area contributed by atoms with Gasteiger partial charge in [-0.1, -0.05) is 6.07 Å². The highest BCUT2D eigenvalue weighted by atomic mass is 32.2. The molecule has 1 aromatic carbocycles. The van der Waals surface area contributed by atoms with Gasteiger partial charge < -0.3 is 14.8 Å². The number of rotatable bonds is 9. The summed E-state index contributed by atoms with van der Waals surface area (Å²) < 4.78 is 35.9. The summed E-state index contributed by atoms with van der Waals surface area (Å²) in [6, 6.07) is 9.23. The number of nitrogens with zero attached hydrogens (tertiary/aromatic N) is 1. The van der Waals surface area contributed by atoms with Crippen LogP contribution >= 0.6 is 0 Å². The molecule has 0 radical (unpaired) electrons. The second-order valence-electron chi connectivity index (χ2n) is 5.30. The minimum atomic E-state index is -3.31. The molecule has 0 saturated carbocycles. The average molecular weight is 365 g/mol. The maximum Gasteiger partial charge on any atom is 0.233 e. The monoisotopic (exact) mass is 365 g/mol. The van der Waals surface area contributed by atoms with Crippen LogP contribution in [0.2, 0.25) is 0 Å². The Bertz CT molecular complexity index is 792. The van der Waals surface area contributed by atoms with Gasteiger partial charge in [-0.15, -0.1) is 0 Å². The number of methoxy groups -OCH3 is 2. The Hall–Kier alpha value is -2.48. The van der Waals surface area contributed by atoms with Crippen LogP contribution in [0.1, 0.15) is 12.5 Å². The first-order valence-corrected chi connectivity index (χ1v) is 9.54. The Balaban J connectivity index is 1.89. The van der Waals surface area contributed by atoms with E-state index in [2.05, 4.69) is 15.0 Å². The van der Waals surface area contributed by atoms with E-state index in [-0.39, 0.29) is 5.75 Å². The minimum absolute atomic E-state index is 0.0139. The number of aromatic nitrogens is 1. The van der Waals surface area contributed by atoms with Crippen LogP contribution in [-0.2, 0) is 16.4 Å². The Morgan fingerprint density at radius 1 is 1.08 bits per heavy atom. The number of pyridine rings is 1. The summed E-state index contributed by atoms with van der Waals surface area (Å²) in [5.74, 6) is 1.73. The van der Waals surface area contributed by atoms with Crippen LogP contribution < -0.4 is 19.5 Å². The highest BCUT2D eigenvalue weighted by molar-refractivity contribution is 7.92. The van der Waals surface area contributed by atoms with E-state index in [1.54, 1.807) is 39.5 Å². The zero-order chi connectivity index (χ0) is 18.3. The second kappa shape index (κ2) is 8.57. The zero-order valence-electron chi connectivity index (χ0n) is 14.6. The van der Waals surface area contributed by atoms with Crippen LogP contribution in [0.3, 0.4) is 0 Å². The maximum atomic E-state index is 11.5. The van der Waals surface area contributed by atoms with Gasteiger partial charge in [0.15, 0.2) is 11.5 Å². The number of benzene rings is 1. The van der Waals surface area contributed by atoms with E-state index in [1.807, 2.05) is 18.2 Å². The first-order chi connectivity index (χ1) is 12.0. The normalized spacial score (nSPS) is 11.0. The number of hydrogen-bond acceptors (Lipinski definition) is 6. The van der Waals surface area contributed by atoms with Crippen LogP contribution in [0.5, 0.6) is 11.5 Å². The van der Waals surface area contributed by atoms with Gasteiger partial charge in [-0.3, -0.25) is 4.72 Å². The summed E-state index contributed by atoms with van der Waals surface area (Å²) in [6.07, 6.45) is 2.40. The lowest BCUT2D eigenvalue weighted by atomic mass is 10.1. The standard InChI is InChI=1S/C17H23N3O4S/c1-4-25(21,22)20-17-8-6-14(12-19-17)18-10-9-13-5-7-15(23-2)16(11-13)24-3/h5-8,11-12,18H,4,9-10H2,1-3H3,(H,19,20). The van der Waals surface area contributed by atoms with E-state index in [9.17, 15) is 8.42 Å². The number of anilines is 2. The Morgan fingerprint density at radius 2 is 1.84 bits per heavy atom.